The molecule has 2 aromatic carbocycles. The van der Waals surface area contributed by atoms with Crippen LogP contribution in [-0.4, -0.2) is 11.7 Å². The van der Waals surface area contributed by atoms with Crippen molar-refractivity contribution in [1.82, 2.24) is 5.32 Å². The summed E-state index contributed by atoms with van der Waals surface area (Å²) in [6, 6.07) is 15.8. The van der Waals surface area contributed by atoms with Gasteiger partial charge in [0.2, 0.25) is 0 Å². The van der Waals surface area contributed by atoms with Gasteiger partial charge in [0, 0.05) is 17.7 Å². The summed E-state index contributed by atoms with van der Waals surface area (Å²) in [5, 5.41) is 13.3. The van der Waals surface area contributed by atoms with Crippen molar-refractivity contribution in [2.24, 2.45) is 0 Å². The summed E-state index contributed by atoms with van der Waals surface area (Å²) in [5.74, 6) is 1.01. The zero-order chi connectivity index (χ0) is 13.1. The van der Waals surface area contributed by atoms with E-state index in [4.69, 9.17) is 4.74 Å². The van der Waals surface area contributed by atoms with Gasteiger partial charge in [-0.1, -0.05) is 36.4 Å². The third kappa shape index (κ3) is 3.24. The first-order valence-electron chi connectivity index (χ1n) is 6.56. The number of rotatable bonds is 4. The summed E-state index contributed by atoms with van der Waals surface area (Å²) < 4.78 is 5.68. The van der Waals surface area contributed by atoms with Crippen LogP contribution in [0, 0.1) is 0 Å². The molecule has 1 heterocycles. The van der Waals surface area contributed by atoms with Crippen molar-refractivity contribution in [2.75, 3.05) is 6.54 Å². The van der Waals surface area contributed by atoms with E-state index in [9.17, 15) is 5.11 Å². The molecule has 0 saturated carbocycles. The monoisotopic (exact) mass is 291 g/mol. The highest BCUT2D eigenvalue weighted by atomic mass is 35.5. The van der Waals surface area contributed by atoms with Crippen LogP contribution < -0.4 is 10.1 Å². The number of aromatic hydroxyl groups is 1. The first-order valence-corrected chi connectivity index (χ1v) is 6.56. The first-order chi connectivity index (χ1) is 9.33. The van der Waals surface area contributed by atoms with Gasteiger partial charge in [0.1, 0.15) is 18.1 Å². The van der Waals surface area contributed by atoms with Crippen molar-refractivity contribution in [3.8, 4) is 11.5 Å². The Morgan fingerprint density at radius 1 is 1.15 bits per heavy atom. The highest BCUT2D eigenvalue weighted by molar-refractivity contribution is 5.85. The van der Waals surface area contributed by atoms with Crippen LogP contribution in [0.1, 0.15) is 23.6 Å². The van der Waals surface area contributed by atoms with Crippen molar-refractivity contribution < 1.29 is 9.84 Å². The van der Waals surface area contributed by atoms with Crippen LogP contribution >= 0.6 is 12.4 Å². The highest BCUT2D eigenvalue weighted by Crippen LogP contribution is 2.33. The van der Waals surface area contributed by atoms with Crippen LogP contribution in [-0.2, 0) is 6.61 Å². The van der Waals surface area contributed by atoms with Gasteiger partial charge in [0.05, 0.1) is 0 Å². The van der Waals surface area contributed by atoms with Gasteiger partial charge in [-0.15, -0.1) is 12.4 Å². The second-order valence-electron chi connectivity index (χ2n) is 4.79. The Hall–Kier alpha value is -1.71. The largest absolute Gasteiger partial charge is 0.507 e. The Kier molecular flexibility index (Phi) is 4.88. The van der Waals surface area contributed by atoms with Gasteiger partial charge in [0.15, 0.2) is 0 Å². The van der Waals surface area contributed by atoms with E-state index in [1.165, 1.54) is 0 Å². The Balaban J connectivity index is 0.00000147. The maximum atomic E-state index is 10.0. The molecule has 0 unspecified atom stereocenters. The lowest BCUT2D eigenvalue weighted by Crippen LogP contribution is -2.34. The van der Waals surface area contributed by atoms with Gasteiger partial charge in [-0.05, 0) is 24.6 Å². The molecule has 1 saturated heterocycles. The van der Waals surface area contributed by atoms with Gasteiger partial charge in [-0.3, -0.25) is 0 Å². The predicted molar refractivity (Wildman–Crippen MR) is 81.5 cm³/mol. The molecule has 0 bridgehead atoms. The van der Waals surface area contributed by atoms with Crippen molar-refractivity contribution in [3.63, 3.8) is 0 Å². The van der Waals surface area contributed by atoms with Gasteiger partial charge in [-0.2, -0.15) is 0 Å². The minimum absolute atomic E-state index is 0. The molecule has 2 N–H and O–H groups in total. The lowest BCUT2D eigenvalue weighted by molar-refractivity contribution is 0.302. The minimum Gasteiger partial charge on any atom is -0.507 e. The predicted octanol–water partition coefficient (Wildman–Crippen LogP) is 3.43. The standard InChI is InChI=1S/C16H17NO2.ClH/c18-16-10-13(6-7-14(16)15-8-9-17-15)19-11-12-4-2-1-3-5-12;/h1-7,10,15,17-18H,8-9,11H2;1H/t15-;/m1./s1. The van der Waals surface area contributed by atoms with Crippen LogP contribution in [0.5, 0.6) is 11.5 Å². The fourth-order valence-electron chi connectivity index (χ4n) is 2.20. The zero-order valence-electron chi connectivity index (χ0n) is 11.1. The van der Waals surface area contributed by atoms with Gasteiger partial charge < -0.3 is 15.2 Å². The van der Waals surface area contributed by atoms with Crippen molar-refractivity contribution in [1.29, 1.82) is 0 Å². The summed E-state index contributed by atoms with van der Waals surface area (Å²) in [5.41, 5.74) is 2.07. The molecule has 0 amide bonds. The average Bonchev–Trinajstić information content (AvgIpc) is 2.38. The van der Waals surface area contributed by atoms with Crippen LogP contribution in [0.3, 0.4) is 0 Å². The second kappa shape index (κ2) is 6.64. The van der Waals surface area contributed by atoms with E-state index >= 15 is 0 Å². The molecular formula is C16H18ClNO2. The van der Waals surface area contributed by atoms with E-state index in [0.717, 1.165) is 24.1 Å². The Morgan fingerprint density at radius 3 is 2.50 bits per heavy atom. The first kappa shape index (κ1) is 14.7. The van der Waals surface area contributed by atoms with Crippen molar-refractivity contribution in [3.05, 3.63) is 59.7 Å². The maximum Gasteiger partial charge on any atom is 0.124 e. The number of phenolic OH excluding ortho intramolecular Hbond substituents is 1. The number of phenols is 1. The number of hydrogen-bond acceptors (Lipinski definition) is 3. The lowest BCUT2D eigenvalue weighted by atomic mass is 9.97. The molecule has 1 aliphatic rings. The van der Waals surface area contributed by atoms with Crippen molar-refractivity contribution in [2.45, 2.75) is 19.1 Å². The smallest absolute Gasteiger partial charge is 0.124 e. The van der Waals surface area contributed by atoms with Gasteiger partial charge in [0.25, 0.3) is 0 Å². The van der Waals surface area contributed by atoms with E-state index in [1.54, 1.807) is 6.07 Å². The van der Waals surface area contributed by atoms with E-state index in [1.807, 2.05) is 42.5 Å². The molecule has 1 aliphatic heterocycles. The van der Waals surface area contributed by atoms with Crippen LogP contribution in [0.4, 0.5) is 0 Å². The molecular weight excluding hydrogens is 274 g/mol. The topological polar surface area (TPSA) is 41.5 Å². The summed E-state index contributed by atoms with van der Waals surface area (Å²) >= 11 is 0. The Morgan fingerprint density at radius 2 is 1.90 bits per heavy atom. The summed E-state index contributed by atoms with van der Waals surface area (Å²) in [6.07, 6.45) is 1.08. The fourth-order valence-corrected chi connectivity index (χ4v) is 2.20. The molecule has 0 radical (unpaired) electrons. The van der Waals surface area contributed by atoms with Crippen LogP contribution in [0.2, 0.25) is 0 Å². The average molecular weight is 292 g/mol. The lowest BCUT2D eigenvalue weighted by Gasteiger charge is -2.28. The van der Waals surface area contributed by atoms with E-state index in [-0.39, 0.29) is 12.4 Å². The second-order valence-corrected chi connectivity index (χ2v) is 4.79. The van der Waals surface area contributed by atoms with E-state index < -0.39 is 0 Å². The normalized spacial score (nSPS) is 16.9. The number of hydrogen-bond donors (Lipinski definition) is 2. The van der Waals surface area contributed by atoms with Gasteiger partial charge >= 0.3 is 0 Å². The fraction of sp³-hybridized carbons (Fsp3) is 0.250. The molecule has 2 aromatic rings. The molecule has 1 atom stereocenters. The summed E-state index contributed by atoms with van der Waals surface area (Å²) in [4.78, 5) is 0. The molecule has 0 aromatic heterocycles. The molecule has 3 rings (SSSR count). The number of halogens is 1. The SMILES string of the molecule is Cl.Oc1cc(OCc2ccccc2)ccc1[C@H]1CCN1. The maximum absolute atomic E-state index is 10.0. The van der Waals surface area contributed by atoms with Crippen LogP contribution in [0.25, 0.3) is 0 Å². The Bertz CT molecular complexity index is 556. The van der Waals surface area contributed by atoms with Crippen molar-refractivity contribution >= 4 is 12.4 Å². The third-order valence-electron chi connectivity index (χ3n) is 3.45. The number of nitrogens with one attached hydrogen (secondary N) is 1. The molecule has 3 nitrogen and oxygen atoms in total. The molecule has 20 heavy (non-hydrogen) atoms. The molecule has 0 spiro atoms. The van der Waals surface area contributed by atoms with E-state index in [2.05, 4.69) is 5.32 Å². The third-order valence-corrected chi connectivity index (χ3v) is 3.45. The zero-order valence-corrected chi connectivity index (χ0v) is 11.9. The molecule has 0 aliphatic carbocycles. The van der Waals surface area contributed by atoms with Crippen LogP contribution in [0.15, 0.2) is 48.5 Å². The quantitative estimate of drug-likeness (QED) is 0.907. The highest BCUT2D eigenvalue weighted by Gasteiger charge is 2.21. The Labute approximate surface area is 125 Å². The molecule has 1 fully saturated rings. The number of ether oxygens (including phenoxy) is 1. The number of benzene rings is 2. The summed E-state index contributed by atoms with van der Waals surface area (Å²) in [6.45, 7) is 1.54. The summed E-state index contributed by atoms with van der Waals surface area (Å²) in [7, 11) is 0. The van der Waals surface area contributed by atoms with E-state index in [0.29, 0.717) is 24.1 Å². The molecule has 4 heteroatoms. The molecule has 106 valence electrons. The van der Waals surface area contributed by atoms with Gasteiger partial charge in [-0.25, -0.2) is 0 Å². The minimum atomic E-state index is 0.